The van der Waals surface area contributed by atoms with Crippen LogP contribution >= 0.6 is 15.9 Å². The van der Waals surface area contributed by atoms with Gasteiger partial charge in [-0.15, -0.1) is 0 Å². The van der Waals surface area contributed by atoms with Crippen LogP contribution in [0.1, 0.15) is 19.4 Å². The van der Waals surface area contributed by atoms with Crippen molar-refractivity contribution in [2.24, 2.45) is 0 Å². The van der Waals surface area contributed by atoms with Crippen LogP contribution in [0.4, 0.5) is 4.39 Å². The highest BCUT2D eigenvalue weighted by Gasteiger charge is 2.24. The lowest BCUT2D eigenvalue weighted by Gasteiger charge is -2.15. The largest absolute Gasteiger partial charge is 0.383 e. The molecule has 0 bridgehead atoms. The van der Waals surface area contributed by atoms with E-state index in [1.165, 1.54) is 13.2 Å². The van der Waals surface area contributed by atoms with Crippen LogP contribution < -0.4 is 10.0 Å². The molecule has 1 aromatic carbocycles. The molecule has 0 saturated carbocycles. The molecule has 0 fully saturated rings. The van der Waals surface area contributed by atoms with Crippen LogP contribution in [0, 0.1) is 5.82 Å². The number of hydrogen-bond donors (Lipinski definition) is 2. The zero-order valence-electron chi connectivity index (χ0n) is 12.2. The van der Waals surface area contributed by atoms with Crippen molar-refractivity contribution in [2.45, 2.75) is 31.3 Å². The minimum absolute atomic E-state index is 0.207. The van der Waals surface area contributed by atoms with E-state index in [0.29, 0.717) is 16.6 Å². The number of methoxy groups -OCH3 is 1. The summed E-state index contributed by atoms with van der Waals surface area (Å²) in [6.07, 6.45) is 0. The average Bonchev–Trinajstić information content (AvgIpc) is 2.38. The van der Waals surface area contributed by atoms with Crippen LogP contribution in [0.5, 0.6) is 0 Å². The normalized spacial score (nSPS) is 13.4. The Morgan fingerprint density at radius 3 is 2.67 bits per heavy atom. The van der Waals surface area contributed by atoms with Gasteiger partial charge >= 0.3 is 0 Å². The molecule has 0 aliphatic rings. The van der Waals surface area contributed by atoms with Gasteiger partial charge in [-0.3, -0.25) is 0 Å². The molecule has 0 heterocycles. The predicted octanol–water partition coefficient (Wildman–Crippen LogP) is 2.01. The average molecular weight is 383 g/mol. The first-order chi connectivity index (χ1) is 9.81. The van der Waals surface area contributed by atoms with Gasteiger partial charge in [0.25, 0.3) is 0 Å². The Kier molecular flexibility index (Phi) is 7.22. The summed E-state index contributed by atoms with van der Waals surface area (Å²) in [7, 11) is -2.47. The summed E-state index contributed by atoms with van der Waals surface area (Å²) in [6.45, 7) is 4.67. The van der Waals surface area contributed by atoms with Crippen molar-refractivity contribution in [3.8, 4) is 0 Å². The van der Waals surface area contributed by atoms with Gasteiger partial charge in [-0.25, -0.2) is 17.5 Å². The summed E-state index contributed by atoms with van der Waals surface area (Å²) in [6, 6.07) is 2.37. The molecule has 1 aromatic rings. The van der Waals surface area contributed by atoms with E-state index in [1.807, 2.05) is 6.92 Å². The second-order valence-electron chi connectivity index (χ2n) is 4.64. The standard InChI is InChI=1S/C13H20BrFN2O3S/c1-4-16-7-10-5-11(14)6-12(13(10)15)21(18,19)17-9(2)8-20-3/h5-6,9,16-17H,4,7-8H2,1-3H3. The lowest BCUT2D eigenvalue weighted by Crippen LogP contribution is -2.36. The minimum Gasteiger partial charge on any atom is -0.383 e. The van der Waals surface area contributed by atoms with Crippen molar-refractivity contribution in [1.82, 2.24) is 10.0 Å². The third kappa shape index (κ3) is 5.30. The fourth-order valence-corrected chi connectivity index (χ4v) is 3.85. The quantitative estimate of drug-likeness (QED) is 0.721. The molecule has 0 saturated heterocycles. The molecule has 5 nitrogen and oxygen atoms in total. The molecule has 120 valence electrons. The van der Waals surface area contributed by atoms with Gasteiger partial charge in [-0.05, 0) is 25.6 Å². The van der Waals surface area contributed by atoms with Crippen LogP contribution in [0.3, 0.4) is 0 Å². The first-order valence-electron chi connectivity index (χ1n) is 6.51. The van der Waals surface area contributed by atoms with Gasteiger partial charge in [0.15, 0.2) is 0 Å². The molecule has 1 unspecified atom stereocenters. The van der Waals surface area contributed by atoms with Gasteiger partial charge in [0, 0.05) is 29.7 Å². The predicted molar refractivity (Wildman–Crippen MR) is 83.1 cm³/mol. The zero-order chi connectivity index (χ0) is 16.0. The lowest BCUT2D eigenvalue weighted by atomic mass is 10.2. The van der Waals surface area contributed by atoms with Gasteiger partial charge < -0.3 is 10.1 Å². The topological polar surface area (TPSA) is 67.4 Å². The highest BCUT2D eigenvalue weighted by Crippen LogP contribution is 2.24. The van der Waals surface area contributed by atoms with Crippen LogP contribution in [-0.2, 0) is 21.3 Å². The Bertz CT molecular complexity index is 581. The third-order valence-corrected chi connectivity index (χ3v) is 4.75. The third-order valence-electron chi connectivity index (χ3n) is 2.71. The number of hydrogen-bond acceptors (Lipinski definition) is 4. The molecule has 21 heavy (non-hydrogen) atoms. The van der Waals surface area contributed by atoms with E-state index in [0.717, 1.165) is 0 Å². The second-order valence-corrected chi connectivity index (χ2v) is 7.23. The van der Waals surface area contributed by atoms with Crippen molar-refractivity contribution in [2.75, 3.05) is 20.3 Å². The maximum absolute atomic E-state index is 14.4. The van der Waals surface area contributed by atoms with Crippen molar-refractivity contribution in [1.29, 1.82) is 0 Å². The maximum atomic E-state index is 14.4. The Labute approximate surface area is 133 Å². The summed E-state index contributed by atoms with van der Waals surface area (Å²) in [5, 5.41) is 2.98. The smallest absolute Gasteiger partial charge is 0.243 e. The number of benzene rings is 1. The molecule has 8 heteroatoms. The van der Waals surface area contributed by atoms with Gasteiger partial charge in [-0.1, -0.05) is 22.9 Å². The van der Waals surface area contributed by atoms with Crippen LogP contribution in [0.25, 0.3) is 0 Å². The first kappa shape index (κ1) is 18.5. The molecule has 2 N–H and O–H groups in total. The molecular weight excluding hydrogens is 363 g/mol. The van der Waals surface area contributed by atoms with E-state index in [9.17, 15) is 12.8 Å². The van der Waals surface area contributed by atoms with E-state index in [-0.39, 0.29) is 18.0 Å². The summed E-state index contributed by atoms with van der Waals surface area (Å²) < 4.78 is 46.7. The Balaban J connectivity index is 3.13. The number of sulfonamides is 1. The van der Waals surface area contributed by atoms with E-state index in [4.69, 9.17) is 4.74 Å². The van der Waals surface area contributed by atoms with Crippen molar-refractivity contribution >= 4 is 26.0 Å². The molecule has 0 amide bonds. The van der Waals surface area contributed by atoms with Gasteiger partial charge in [0.2, 0.25) is 10.0 Å². The second kappa shape index (κ2) is 8.19. The van der Waals surface area contributed by atoms with Crippen LogP contribution in [-0.4, -0.2) is 34.7 Å². The minimum atomic E-state index is -3.95. The zero-order valence-corrected chi connectivity index (χ0v) is 14.6. The van der Waals surface area contributed by atoms with Gasteiger partial charge in [-0.2, -0.15) is 0 Å². The van der Waals surface area contributed by atoms with E-state index in [1.54, 1.807) is 13.0 Å². The summed E-state index contributed by atoms with van der Waals surface area (Å²) in [4.78, 5) is -0.368. The summed E-state index contributed by atoms with van der Waals surface area (Å²) in [5.74, 6) is -0.740. The fraction of sp³-hybridized carbons (Fsp3) is 0.538. The number of rotatable bonds is 8. The van der Waals surface area contributed by atoms with Crippen molar-refractivity contribution < 1.29 is 17.5 Å². The Morgan fingerprint density at radius 1 is 1.43 bits per heavy atom. The highest BCUT2D eigenvalue weighted by atomic mass is 79.9. The van der Waals surface area contributed by atoms with Crippen molar-refractivity contribution in [3.63, 3.8) is 0 Å². The van der Waals surface area contributed by atoms with Gasteiger partial charge in [0.05, 0.1) is 6.61 Å². The van der Waals surface area contributed by atoms with Crippen LogP contribution in [0.15, 0.2) is 21.5 Å². The molecule has 0 radical (unpaired) electrons. The van der Waals surface area contributed by atoms with E-state index < -0.39 is 21.9 Å². The Morgan fingerprint density at radius 2 is 2.10 bits per heavy atom. The number of nitrogens with one attached hydrogen (secondary N) is 2. The first-order valence-corrected chi connectivity index (χ1v) is 8.79. The fourth-order valence-electron chi connectivity index (χ4n) is 1.81. The summed E-state index contributed by atoms with van der Waals surface area (Å²) >= 11 is 3.22. The lowest BCUT2D eigenvalue weighted by molar-refractivity contribution is 0.180. The number of halogens is 2. The summed E-state index contributed by atoms with van der Waals surface area (Å²) in [5.41, 5.74) is 0.297. The monoisotopic (exact) mass is 382 g/mol. The number of ether oxygens (including phenoxy) is 1. The van der Waals surface area contributed by atoms with Gasteiger partial charge in [0.1, 0.15) is 10.7 Å². The molecule has 0 aliphatic carbocycles. The molecule has 1 atom stereocenters. The highest BCUT2D eigenvalue weighted by molar-refractivity contribution is 9.10. The Hall–Kier alpha value is -0.540. The maximum Gasteiger partial charge on any atom is 0.243 e. The molecule has 1 rings (SSSR count). The SMILES string of the molecule is CCNCc1cc(Br)cc(S(=O)(=O)NC(C)COC)c1F. The molecular formula is C13H20BrFN2O3S. The molecule has 0 aromatic heterocycles. The molecule has 0 aliphatic heterocycles. The van der Waals surface area contributed by atoms with E-state index in [2.05, 4.69) is 26.0 Å². The van der Waals surface area contributed by atoms with E-state index >= 15 is 0 Å². The van der Waals surface area contributed by atoms with Crippen LogP contribution in [0.2, 0.25) is 0 Å². The van der Waals surface area contributed by atoms with Crippen molar-refractivity contribution in [3.05, 3.63) is 28.0 Å². The molecule has 0 spiro atoms.